The van der Waals surface area contributed by atoms with Gasteiger partial charge in [-0.1, -0.05) is 49.8 Å². The molecule has 0 aliphatic carbocycles. The lowest BCUT2D eigenvalue weighted by molar-refractivity contribution is 0.318. The van der Waals surface area contributed by atoms with Crippen molar-refractivity contribution in [3.05, 3.63) is 78.0 Å². The predicted molar refractivity (Wildman–Crippen MR) is 130 cm³/mol. The van der Waals surface area contributed by atoms with Crippen LogP contribution in [-0.2, 0) is 6.42 Å². The molecule has 0 saturated heterocycles. The first kappa shape index (κ1) is 25.0. The molecule has 0 saturated carbocycles. The van der Waals surface area contributed by atoms with Gasteiger partial charge < -0.3 is 10.4 Å². The Bertz CT molecular complexity index is 841. The second kappa shape index (κ2) is 14.9. The number of aliphatic hydroxyl groups is 1. The van der Waals surface area contributed by atoms with E-state index in [2.05, 4.69) is 83.9 Å². The van der Waals surface area contributed by atoms with Gasteiger partial charge in [-0.05, 0) is 81.6 Å². The molecule has 0 atom stereocenters. The van der Waals surface area contributed by atoms with Crippen LogP contribution in [0.15, 0.2) is 71.8 Å². The molecule has 0 bridgehead atoms. The number of aryl methyl sites for hydroxylation is 2. The Balaban J connectivity index is 0.000000397. The van der Waals surface area contributed by atoms with Crippen molar-refractivity contribution in [2.75, 3.05) is 20.2 Å². The molecule has 1 aromatic heterocycles. The molecule has 3 nitrogen and oxygen atoms in total. The Morgan fingerprint density at radius 1 is 1.10 bits per heavy atom. The van der Waals surface area contributed by atoms with Gasteiger partial charge in [-0.25, -0.2) is 0 Å². The lowest BCUT2D eigenvalue weighted by Crippen LogP contribution is -2.03. The molecular weight excluding hydrogens is 376 g/mol. The number of rotatable bonds is 6. The third kappa shape index (κ3) is 8.90. The van der Waals surface area contributed by atoms with Gasteiger partial charge in [0.2, 0.25) is 0 Å². The van der Waals surface area contributed by atoms with E-state index in [1.807, 2.05) is 20.0 Å². The van der Waals surface area contributed by atoms with Crippen molar-refractivity contribution in [2.24, 2.45) is 0 Å². The highest BCUT2D eigenvalue weighted by molar-refractivity contribution is 7.98. The molecule has 2 N–H and O–H groups in total. The summed E-state index contributed by atoms with van der Waals surface area (Å²) in [5.41, 5.74) is 4.09. The van der Waals surface area contributed by atoms with Crippen LogP contribution >= 0.6 is 11.9 Å². The minimum atomic E-state index is 0.250. The van der Waals surface area contributed by atoms with Gasteiger partial charge in [-0.2, -0.15) is 0 Å². The molecule has 0 spiro atoms. The fraction of sp³-hybridized carbons (Fsp3) is 0.360. The van der Waals surface area contributed by atoms with Crippen LogP contribution in [-0.4, -0.2) is 29.3 Å². The summed E-state index contributed by atoms with van der Waals surface area (Å²) in [6, 6.07) is 17.4. The molecule has 0 unspecified atom stereocenters. The highest BCUT2D eigenvalue weighted by Gasteiger charge is 2.07. The zero-order valence-electron chi connectivity index (χ0n) is 18.5. The lowest BCUT2D eigenvalue weighted by atomic mass is 10.1. The average Bonchev–Trinajstić information content (AvgIpc) is 3.03. The molecule has 29 heavy (non-hydrogen) atoms. The molecule has 4 heteroatoms. The third-order valence-corrected chi connectivity index (χ3v) is 5.06. The van der Waals surface area contributed by atoms with E-state index in [0.717, 1.165) is 13.0 Å². The van der Waals surface area contributed by atoms with Gasteiger partial charge in [-0.15, -0.1) is 0 Å². The van der Waals surface area contributed by atoms with E-state index in [1.165, 1.54) is 33.3 Å². The average molecular weight is 413 g/mol. The van der Waals surface area contributed by atoms with E-state index in [-0.39, 0.29) is 6.61 Å². The molecule has 2 aromatic carbocycles. The molecule has 0 fully saturated rings. The lowest BCUT2D eigenvalue weighted by Gasteiger charge is -2.05. The summed E-state index contributed by atoms with van der Waals surface area (Å²) in [5, 5.41) is 11.9. The fourth-order valence-electron chi connectivity index (χ4n) is 2.76. The quantitative estimate of drug-likeness (QED) is 0.471. The van der Waals surface area contributed by atoms with Crippen molar-refractivity contribution in [2.45, 2.75) is 45.4 Å². The van der Waals surface area contributed by atoms with Crippen LogP contribution in [0.3, 0.4) is 0 Å². The van der Waals surface area contributed by atoms with Gasteiger partial charge in [0, 0.05) is 29.6 Å². The summed E-state index contributed by atoms with van der Waals surface area (Å²) in [7, 11) is 1.93. The van der Waals surface area contributed by atoms with Crippen LogP contribution in [0, 0.1) is 6.92 Å². The maximum absolute atomic E-state index is 7.57. The normalized spacial score (nSPS) is 10.4. The van der Waals surface area contributed by atoms with Gasteiger partial charge in [0.25, 0.3) is 0 Å². The van der Waals surface area contributed by atoms with E-state index in [0.29, 0.717) is 0 Å². The number of benzene rings is 2. The van der Waals surface area contributed by atoms with Crippen molar-refractivity contribution in [1.82, 2.24) is 9.29 Å². The predicted octanol–water partition coefficient (Wildman–Crippen LogP) is 6.24. The van der Waals surface area contributed by atoms with Crippen molar-refractivity contribution in [1.29, 1.82) is 0 Å². The highest BCUT2D eigenvalue weighted by Crippen LogP contribution is 2.29. The summed E-state index contributed by atoms with van der Waals surface area (Å²) in [6.45, 7) is 9.35. The molecule has 0 aliphatic heterocycles. The Labute approximate surface area is 181 Å². The zero-order chi connectivity index (χ0) is 21.5. The van der Waals surface area contributed by atoms with Gasteiger partial charge in [-0.3, -0.25) is 3.97 Å². The topological polar surface area (TPSA) is 37.2 Å². The Kier molecular flexibility index (Phi) is 12.9. The van der Waals surface area contributed by atoms with Crippen LogP contribution < -0.4 is 5.32 Å². The largest absolute Gasteiger partial charge is 0.397 e. The van der Waals surface area contributed by atoms with Gasteiger partial charge in [0.1, 0.15) is 0 Å². The molecule has 0 aliphatic rings. The zero-order valence-corrected chi connectivity index (χ0v) is 19.3. The minimum absolute atomic E-state index is 0.250. The number of aliphatic hydroxyl groups excluding tert-OH is 1. The second-order valence-corrected chi connectivity index (χ2v) is 7.63. The summed E-state index contributed by atoms with van der Waals surface area (Å²) in [5.74, 6) is 0. The van der Waals surface area contributed by atoms with Crippen molar-refractivity contribution in [3.63, 3.8) is 0 Å². The fourth-order valence-corrected chi connectivity index (χ4v) is 3.73. The van der Waals surface area contributed by atoms with E-state index in [1.54, 1.807) is 18.9 Å². The molecule has 0 amide bonds. The van der Waals surface area contributed by atoms with Crippen molar-refractivity contribution >= 4 is 22.9 Å². The summed E-state index contributed by atoms with van der Waals surface area (Å²) in [4.78, 5) is 1.27. The second-order valence-electron chi connectivity index (χ2n) is 6.59. The van der Waals surface area contributed by atoms with Gasteiger partial charge >= 0.3 is 0 Å². The molecule has 3 aromatic rings. The monoisotopic (exact) mass is 412 g/mol. The highest BCUT2D eigenvalue weighted by atomic mass is 32.2. The number of fused-ring (bicyclic) bond motifs is 1. The van der Waals surface area contributed by atoms with E-state index < -0.39 is 0 Å². The maximum Gasteiger partial charge on any atom is 0.0597 e. The SMILES string of the molecule is C/C=C\CNC.CCCc1ccc2c(c1)c(C)cn2Sc1ccccc1.CCO. The molecule has 3 rings (SSSR count). The summed E-state index contributed by atoms with van der Waals surface area (Å²) in [6.07, 6.45) is 8.69. The first-order valence-corrected chi connectivity index (χ1v) is 11.1. The van der Waals surface area contributed by atoms with E-state index >= 15 is 0 Å². The maximum atomic E-state index is 7.57. The standard InChI is InChI=1S/C18H19NS.C5H11N.C2H6O/c1-3-7-15-10-11-18-17(12-15)14(2)13-19(18)20-16-8-5-4-6-9-16;1-3-4-5-6-2;1-2-3/h4-6,8-13H,3,7H2,1-2H3;3-4,6H,5H2,1-2H3;3H,2H2,1H3/b;4-3-;. The van der Waals surface area contributed by atoms with Crippen molar-refractivity contribution in [3.8, 4) is 0 Å². The van der Waals surface area contributed by atoms with Gasteiger partial charge in [0.05, 0.1) is 5.52 Å². The summed E-state index contributed by atoms with van der Waals surface area (Å²) < 4.78 is 2.27. The molecule has 1 heterocycles. The van der Waals surface area contributed by atoms with Gasteiger partial charge in [0.15, 0.2) is 0 Å². The van der Waals surface area contributed by atoms with Crippen LogP contribution in [0.2, 0.25) is 0 Å². The number of nitrogens with zero attached hydrogens (tertiary/aromatic N) is 1. The first-order chi connectivity index (χ1) is 14.1. The Morgan fingerprint density at radius 2 is 1.79 bits per heavy atom. The number of hydrogen-bond acceptors (Lipinski definition) is 3. The number of nitrogens with one attached hydrogen (secondary N) is 1. The van der Waals surface area contributed by atoms with Crippen LogP contribution in [0.4, 0.5) is 0 Å². The number of allylic oxidation sites excluding steroid dienone is 1. The van der Waals surface area contributed by atoms with E-state index in [9.17, 15) is 0 Å². The van der Waals surface area contributed by atoms with Crippen LogP contribution in [0.1, 0.15) is 38.3 Å². The molecule has 0 radical (unpaired) electrons. The third-order valence-electron chi connectivity index (χ3n) is 4.08. The Hall–Kier alpha value is -2.01. The Morgan fingerprint density at radius 3 is 2.34 bits per heavy atom. The first-order valence-electron chi connectivity index (χ1n) is 10.3. The van der Waals surface area contributed by atoms with Crippen LogP contribution in [0.25, 0.3) is 10.9 Å². The van der Waals surface area contributed by atoms with Crippen molar-refractivity contribution < 1.29 is 5.11 Å². The minimum Gasteiger partial charge on any atom is -0.397 e. The smallest absolute Gasteiger partial charge is 0.0597 e. The molecular formula is C25H36N2OS. The summed E-state index contributed by atoms with van der Waals surface area (Å²) >= 11 is 1.77. The molecule has 158 valence electrons. The number of hydrogen-bond donors (Lipinski definition) is 2. The van der Waals surface area contributed by atoms with E-state index in [4.69, 9.17) is 5.11 Å². The number of aromatic nitrogens is 1. The number of likely N-dealkylation sites (N-methyl/N-ethyl adjacent to an activating group) is 1. The van der Waals surface area contributed by atoms with Crippen LogP contribution in [0.5, 0.6) is 0 Å².